The number of anilines is 1. The summed E-state index contributed by atoms with van der Waals surface area (Å²) >= 11 is 9.20. The number of nitrogens with one attached hydrogen (secondary N) is 1. The fraction of sp³-hybridized carbons (Fsp3) is 0. The van der Waals surface area contributed by atoms with Crippen LogP contribution in [0.3, 0.4) is 0 Å². The molecule has 0 spiro atoms. The summed E-state index contributed by atoms with van der Waals surface area (Å²) in [6.07, 6.45) is 3.25. The first-order valence-electron chi connectivity index (χ1n) is 6.11. The van der Waals surface area contributed by atoms with Gasteiger partial charge < -0.3 is 5.32 Å². The largest absolute Gasteiger partial charge is 0.322 e. The van der Waals surface area contributed by atoms with E-state index in [2.05, 4.69) is 31.2 Å². The molecule has 0 unspecified atom stereocenters. The third-order valence-electron chi connectivity index (χ3n) is 2.90. The lowest BCUT2D eigenvalue weighted by Gasteiger charge is -2.07. The Morgan fingerprint density at radius 2 is 1.81 bits per heavy atom. The maximum atomic E-state index is 12.3. The summed E-state index contributed by atoms with van der Waals surface area (Å²) in [5.41, 5.74) is 2.68. The van der Waals surface area contributed by atoms with Crippen LogP contribution in [-0.4, -0.2) is 15.9 Å². The molecule has 21 heavy (non-hydrogen) atoms. The monoisotopic (exact) mass is 361 g/mol. The lowest BCUT2D eigenvalue weighted by Crippen LogP contribution is -2.12. The number of rotatable bonds is 2. The van der Waals surface area contributed by atoms with Gasteiger partial charge in [0.05, 0.1) is 16.6 Å². The first-order chi connectivity index (χ1) is 10.1. The minimum atomic E-state index is -0.221. The molecule has 0 saturated heterocycles. The maximum absolute atomic E-state index is 12.3. The van der Waals surface area contributed by atoms with Gasteiger partial charge in [0.15, 0.2) is 0 Å². The van der Waals surface area contributed by atoms with Gasteiger partial charge in [0.1, 0.15) is 0 Å². The summed E-state index contributed by atoms with van der Waals surface area (Å²) < 4.78 is 0.646. The predicted octanol–water partition coefficient (Wildman–Crippen LogP) is 4.30. The normalized spacial score (nSPS) is 10.6. The average molecular weight is 363 g/mol. The molecule has 1 N–H and O–H groups in total. The second kappa shape index (κ2) is 5.79. The van der Waals surface area contributed by atoms with Gasteiger partial charge in [-0.05, 0) is 52.3 Å². The molecular weight excluding hydrogens is 354 g/mol. The van der Waals surface area contributed by atoms with Crippen LogP contribution in [-0.2, 0) is 0 Å². The Balaban J connectivity index is 1.89. The molecule has 104 valence electrons. The molecule has 1 aromatic heterocycles. The van der Waals surface area contributed by atoms with Crippen molar-refractivity contribution in [3.63, 3.8) is 0 Å². The summed E-state index contributed by atoms with van der Waals surface area (Å²) in [7, 11) is 0. The molecular formula is C15H9BrClN3O. The first-order valence-corrected chi connectivity index (χ1v) is 7.28. The summed E-state index contributed by atoms with van der Waals surface area (Å²) in [4.78, 5) is 20.7. The van der Waals surface area contributed by atoms with Gasteiger partial charge in [-0.25, -0.2) is 0 Å². The molecule has 0 aliphatic rings. The van der Waals surface area contributed by atoms with Gasteiger partial charge in [-0.3, -0.25) is 14.8 Å². The summed E-state index contributed by atoms with van der Waals surface area (Å²) in [6.45, 7) is 0. The van der Waals surface area contributed by atoms with E-state index in [1.54, 1.807) is 42.7 Å². The molecule has 0 radical (unpaired) electrons. The van der Waals surface area contributed by atoms with E-state index in [1.165, 1.54) is 0 Å². The van der Waals surface area contributed by atoms with E-state index in [1.807, 2.05) is 6.07 Å². The number of aromatic nitrogens is 2. The van der Waals surface area contributed by atoms with Gasteiger partial charge in [0.2, 0.25) is 0 Å². The predicted molar refractivity (Wildman–Crippen MR) is 86.6 cm³/mol. The lowest BCUT2D eigenvalue weighted by atomic mass is 10.2. The van der Waals surface area contributed by atoms with Crippen LogP contribution in [0.5, 0.6) is 0 Å². The van der Waals surface area contributed by atoms with Crippen LogP contribution >= 0.6 is 27.5 Å². The SMILES string of the molecule is O=C(Nc1ccc2nccnc2c1)c1ccc(Cl)cc1Br. The fourth-order valence-electron chi connectivity index (χ4n) is 1.91. The number of nitrogens with zero attached hydrogens (tertiary/aromatic N) is 2. The van der Waals surface area contributed by atoms with Crippen LogP contribution in [0.4, 0.5) is 5.69 Å². The van der Waals surface area contributed by atoms with Gasteiger partial charge in [-0.2, -0.15) is 0 Å². The highest BCUT2D eigenvalue weighted by atomic mass is 79.9. The molecule has 0 aliphatic heterocycles. The number of amides is 1. The fourth-order valence-corrected chi connectivity index (χ4v) is 2.78. The van der Waals surface area contributed by atoms with Crippen molar-refractivity contribution >= 4 is 50.2 Å². The van der Waals surface area contributed by atoms with E-state index in [0.29, 0.717) is 20.7 Å². The molecule has 0 aliphatic carbocycles. The Bertz CT molecular complexity index is 838. The van der Waals surface area contributed by atoms with Crippen molar-refractivity contribution in [2.45, 2.75) is 0 Å². The molecule has 0 saturated carbocycles. The van der Waals surface area contributed by atoms with Crippen LogP contribution in [0.25, 0.3) is 11.0 Å². The highest BCUT2D eigenvalue weighted by molar-refractivity contribution is 9.10. The number of carbonyl (C=O) groups is 1. The Morgan fingerprint density at radius 3 is 2.57 bits per heavy atom. The van der Waals surface area contributed by atoms with Crippen molar-refractivity contribution < 1.29 is 4.79 Å². The van der Waals surface area contributed by atoms with Crippen molar-refractivity contribution in [3.8, 4) is 0 Å². The van der Waals surface area contributed by atoms with Crippen molar-refractivity contribution in [3.05, 3.63) is 63.9 Å². The molecule has 4 nitrogen and oxygen atoms in total. The highest BCUT2D eigenvalue weighted by Crippen LogP contribution is 2.23. The number of carbonyl (C=O) groups excluding carboxylic acids is 1. The van der Waals surface area contributed by atoms with Crippen LogP contribution in [0.2, 0.25) is 5.02 Å². The van der Waals surface area contributed by atoms with Crippen molar-refractivity contribution in [1.29, 1.82) is 0 Å². The van der Waals surface area contributed by atoms with Gasteiger partial charge in [0, 0.05) is 27.6 Å². The number of halogens is 2. The third kappa shape index (κ3) is 3.04. The van der Waals surface area contributed by atoms with Gasteiger partial charge in [-0.1, -0.05) is 11.6 Å². The Labute approximate surface area is 134 Å². The number of fused-ring (bicyclic) bond motifs is 1. The van der Waals surface area contributed by atoms with E-state index in [-0.39, 0.29) is 5.91 Å². The summed E-state index contributed by atoms with van der Waals surface area (Å²) in [6, 6.07) is 10.4. The smallest absolute Gasteiger partial charge is 0.256 e. The minimum absolute atomic E-state index is 0.221. The number of benzene rings is 2. The van der Waals surface area contributed by atoms with Crippen LogP contribution in [0, 0.1) is 0 Å². The van der Waals surface area contributed by atoms with E-state index in [4.69, 9.17) is 11.6 Å². The molecule has 2 aromatic carbocycles. The molecule has 0 atom stereocenters. The second-order valence-electron chi connectivity index (χ2n) is 4.34. The van der Waals surface area contributed by atoms with Crippen molar-refractivity contribution in [1.82, 2.24) is 9.97 Å². The Morgan fingerprint density at radius 1 is 1.05 bits per heavy atom. The molecule has 3 rings (SSSR count). The number of hydrogen-bond donors (Lipinski definition) is 1. The van der Waals surface area contributed by atoms with Crippen LogP contribution < -0.4 is 5.32 Å². The molecule has 0 bridgehead atoms. The van der Waals surface area contributed by atoms with Crippen LogP contribution in [0.15, 0.2) is 53.3 Å². The van der Waals surface area contributed by atoms with Crippen LogP contribution in [0.1, 0.15) is 10.4 Å². The maximum Gasteiger partial charge on any atom is 0.256 e. The Kier molecular flexibility index (Phi) is 3.86. The standard InChI is InChI=1S/C15H9BrClN3O/c16-12-7-9(17)1-3-11(12)15(21)20-10-2-4-13-14(8-10)19-6-5-18-13/h1-8H,(H,20,21). The summed E-state index contributed by atoms with van der Waals surface area (Å²) in [5.74, 6) is -0.221. The van der Waals surface area contributed by atoms with E-state index < -0.39 is 0 Å². The van der Waals surface area contributed by atoms with Gasteiger partial charge in [-0.15, -0.1) is 0 Å². The highest BCUT2D eigenvalue weighted by Gasteiger charge is 2.11. The Hall–Kier alpha value is -1.98. The van der Waals surface area contributed by atoms with Gasteiger partial charge in [0.25, 0.3) is 5.91 Å². The topological polar surface area (TPSA) is 54.9 Å². The zero-order valence-corrected chi connectivity index (χ0v) is 13.0. The molecule has 6 heteroatoms. The number of hydrogen-bond acceptors (Lipinski definition) is 3. The quantitative estimate of drug-likeness (QED) is 0.739. The second-order valence-corrected chi connectivity index (χ2v) is 5.63. The van der Waals surface area contributed by atoms with E-state index in [9.17, 15) is 4.79 Å². The van der Waals surface area contributed by atoms with Gasteiger partial charge >= 0.3 is 0 Å². The third-order valence-corrected chi connectivity index (χ3v) is 3.79. The molecule has 1 amide bonds. The van der Waals surface area contributed by atoms with E-state index in [0.717, 1.165) is 11.0 Å². The van der Waals surface area contributed by atoms with Crippen molar-refractivity contribution in [2.24, 2.45) is 0 Å². The molecule has 1 heterocycles. The lowest BCUT2D eigenvalue weighted by molar-refractivity contribution is 0.102. The average Bonchev–Trinajstić information content (AvgIpc) is 2.47. The molecule has 0 fully saturated rings. The minimum Gasteiger partial charge on any atom is -0.322 e. The summed E-state index contributed by atoms with van der Waals surface area (Å²) in [5, 5.41) is 3.40. The first kappa shape index (κ1) is 14.0. The van der Waals surface area contributed by atoms with Crippen molar-refractivity contribution in [2.75, 3.05) is 5.32 Å². The van der Waals surface area contributed by atoms with E-state index >= 15 is 0 Å². The zero-order chi connectivity index (χ0) is 14.8. The zero-order valence-electron chi connectivity index (χ0n) is 10.7. The molecule has 3 aromatic rings.